The molecule has 146 valence electrons. The molecule has 1 aromatic carbocycles. The van der Waals surface area contributed by atoms with Crippen molar-refractivity contribution in [3.63, 3.8) is 0 Å². The standard InChI is InChI=1S/C16H23FN2O6S/c1-10(20)14(15(22)25-9-13(21)18-16(2,3)4)19-26(23,24)12-7-5-11(17)6-8-12/h5-8,10,14,19-20H,9H2,1-4H3,(H,18,21)/t10-,14+/m1/s1. The molecule has 0 aliphatic rings. The molecule has 3 N–H and O–H groups in total. The topological polar surface area (TPSA) is 122 Å². The van der Waals surface area contributed by atoms with E-state index >= 15 is 0 Å². The number of benzene rings is 1. The second kappa shape index (κ2) is 8.56. The normalized spacial score (nSPS) is 14.4. The molecule has 0 unspecified atom stereocenters. The molecule has 0 bridgehead atoms. The van der Waals surface area contributed by atoms with Gasteiger partial charge in [0.25, 0.3) is 5.91 Å². The molecule has 0 saturated heterocycles. The zero-order valence-electron chi connectivity index (χ0n) is 14.9. The van der Waals surface area contributed by atoms with E-state index in [4.69, 9.17) is 4.74 Å². The average molecular weight is 390 g/mol. The third-order valence-electron chi connectivity index (χ3n) is 3.00. The summed E-state index contributed by atoms with van der Waals surface area (Å²) in [5.41, 5.74) is -0.530. The summed E-state index contributed by atoms with van der Waals surface area (Å²) in [7, 11) is -4.21. The molecule has 26 heavy (non-hydrogen) atoms. The molecule has 1 rings (SSSR count). The first-order chi connectivity index (χ1) is 11.8. The molecule has 0 spiro atoms. The van der Waals surface area contributed by atoms with E-state index in [9.17, 15) is 27.5 Å². The van der Waals surface area contributed by atoms with E-state index < -0.39 is 52.0 Å². The Morgan fingerprint density at radius 2 is 1.77 bits per heavy atom. The SMILES string of the molecule is C[C@@H](O)[C@H](NS(=O)(=O)c1ccc(F)cc1)C(=O)OCC(=O)NC(C)(C)C. The summed E-state index contributed by atoms with van der Waals surface area (Å²) in [5.74, 6) is -2.31. The smallest absolute Gasteiger partial charge is 0.327 e. The van der Waals surface area contributed by atoms with E-state index in [1.807, 2.05) is 4.72 Å². The number of aliphatic hydroxyl groups excluding tert-OH is 1. The number of amides is 1. The molecular weight excluding hydrogens is 367 g/mol. The first kappa shape index (κ1) is 22.0. The second-order valence-electron chi connectivity index (χ2n) is 6.70. The maximum absolute atomic E-state index is 12.9. The lowest BCUT2D eigenvalue weighted by Crippen LogP contribution is -2.49. The van der Waals surface area contributed by atoms with Crippen LogP contribution in [-0.4, -0.2) is 49.7 Å². The van der Waals surface area contributed by atoms with Crippen LogP contribution in [0.3, 0.4) is 0 Å². The van der Waals surface area contributed by atoms with Crippen LogP contribution in [0.25, 0.3) is 0 Å². The highest BCUT2D eigenvalue weighted by atomic mass is 32.2. The highest BCUT2D eigenvalue weighted by molar-refractivity contribution is 7.89. The minimum atomic E-state index is -4.21. The van der Waals surface area contributed by atoms with Crippen molar-refractivity contribution in [1.82, 2.24) is 10.0 Å². The summed E-state index contributed by atoms with van der Waals surface area (Å²) in [6.45, 7) is 5.78. The van der Waals surface area contributed by atoms with Crippen molar-refractivity contribution in [3.05, 3.63) is 30.1 Å². The number of halogens is 1. The lowest BCUT2D eigenvalue weighted by Gasteiger charge is -2.22. The van der Waals surface area contributed by atoms with Gasteiger partial charge in [0, 0.05) is 5.54 Å². The monoisotopic (exact) mass is 390 g/mol. The number of carbonyl (C=O) groups is 2. The molecule has 1 aromatic rings. The van der Waals surface area contributed by atoms with Crippen molar-refractivity contribution in [2.45, 2.75) is 50.3 Å². The zero-order valence-corrected chi connectivity index (χ0v) is 15.8. The van der Waals surface area contributed by atoms with Crippen molar-refractivity contribution in [2.24, 2.45) is 0 Å². The van der Waals surface area contributed by atoms with E-state index in [2.05, 4.69) is 5.32 Å². The van der Waals surface area contributed by atoms with Gasteiger partial charge in [-0.3, -0.25) is 9.59 Å². The zero-order chi connectivity index (χ0) is 20.1. The molecule has 1 amide bonds. The second-order valence-corrected chi connectivity index (χ2v) is 8.41. The van der Waals surface area contributed by atoms with Crippen LogP contribution in [0.2, 0.25) is 0 Å². The fraction of sp³-hybridized carbons (Fsp3) is 0.500. The first-order valence-corrected chi connectivity index (χ1v) is 9.24. The Morgan fingerprint density at radius 1 is 1.23 bits per heavy atom. The van der Waals surface area contributed by atoms with Gasteiger partial charge >= 0.3 is 5.97 Å². The molecule has 0 fully saturated rings. The lowest BCUT2D eigenvalue weighted by molar-refractivity contribution is -0.152. The number of rotatable bonds is 7. The summed E-state index contributed by atoms with van der Waals surface area (Å²) in [6, 6.07) is 2.28. The van der Waals surface area contributed by atoms with Gasteiger partial charge in [0.15, 0.2) is 6.61 Å². The molecular formula is C16H23FN2O6S. The van der Waals surface area contributed by atoms with Gasteiger partial charge in [0.2, 0.25) is 10.0 Å². The number of sulfonamides is 1. The van der Waals surface area contributed by atoms with Gasteiger partial charge in [-0.05, 0) is 52.0 Å². The van der Waals surface area contributed by atoms with E-state index in [1.54, 1.807) is 20.8 Å². The van der Waals surface area contributed by atoms with E-state index in [0.29, 0.717) is 0 Å². The van der Waals surface area contributed by atoms with Crippen LogP contribution in [-0.2, 0) is 24.3 Å². The molecule has 10 heteroatoms. The highest BCUT2D eigenvalue weighted by Crippen LogP contribution is 2.12. The minimum absolute atomic E-state index is 0.289. The highest BCUT2D eigenvalue weighted by Gasteiger charge is 2.31. The van der Waals surface area contributed by atoms with Gasteiger partial charge < -0.3 is 15.2 Å². The van der Waals surface area contributed by atoms with Crippen molar-refractivity contribution in [1.29, 1.82) is 0 Å². The number of aliphatic hydroxyl groups is 1. The van der Waals surface area contributed by atoms with Gasteiger partial charge in [0.1, 0.15) is 11.9 Å². The number of hydrogen-bond donors (Lipinski definition) is 3. The van der Waals surface area contributed by atoms with Crippen LogP contribution < -0.4 is 10.0 Å². The van der Waals surface area contributed by atoms with Crippen molar-refractivity contribution in [3.8, 4) is 0 Å². The molecule has 0 radical (unpaired) electrons. The number of carbonyl (C=O) groups excluding carboxylic acids is 2. The van der Waals surface area contributed by atoms with E-state index in [1.165, 1.54) is 6.92 Å². The number of nitrogens with one attached hydrogen (secondary N) is 2. The summed E-state index contributed by atoms with van der Waals surface area (Å²) >= 11 is 0. The maximum Gasteiger partial charge on any atom is 0.327 e. The van der Waals surface area contributed by atoms with E-state index in [0.717, 1.165) is 24.3 Å². The van der Waals surface area contributed by atoms with Crippen LogP contribution in [0.1, 0.15) is 27.7 Å². The number of hydrogen-bond acceptors (Lipinski definition) is 6. The van der Waals surface area contributed by atoms with Crippen LogP contribution in [0.15, 0.2) is 29.2 Å². The van der Waals surface area contributed by atoms with E-state index in [-0.39, 0.29) is 4.90 Å². The van der Waals surface area contributed by atoms with Gasteiger partial charge in [-0.2, -0.15) is 4.72 Å². The molecule has 0 heterocycles. The molecule has 2 atom stereocenters. The Kier molecular flexibility index (Phi) is 7.25. The predicted octanol–water partition coefficient (Wildman–Crippen LogP) is 0.311. The van der Waals surface area contributed by atoms with Crippen molar-refractivity contribution >= 4 is 21.9 Å². The lowest BCUT2D eigenvalue weighted by atomic mass is 10.1. The average Bonchev–Trinajstić information content (AvgIpc) is 2.49. The molecule has 0 aliphatic carbocycles. The van der Waals surface area contributed by atoms with Gasteiger partial charge in [-0.1, -0.05) is 0 Å². The van der Waals surface area contributed by atoms with Crippen LogP contribution in [0.4, 0.5) is 4.39 Å². The predicted molar refractivity (Wildman–Crippen MR) is 91.0 cm³/mol. The summed E-state index contributed by atoms with van der Waals surface area (Å²) < 4.78 is 44.2. The Morgan fingerprint density at radius 3 is 2.23 bits per heavy atom. The quantitative estimate of drug-likeness (QED) is 0.576. The van der Waals surface area contributed by atoms with Gasteiger partial charge in [0.05, 0.1) is 11.0 Å². The van der Waals surface area contributed by atoms with Gasteiger partial charge in [-0.15, -0.1) is 0 Å². The first-order valence-electron chi connectivity index (χ1n) is 7.75. The van der Waals surface area contributed by atoms with Crippen molar-refractivity contribution < 1.29 is 32.2 Å². The third-order valence-corrected chi connectivity index (χ3v) is 4.46. The molecule has 0 saturated carbocycles. The summed E-state index contributed by atoms with van der Waals surface area (Å²) in [6.07, 6.45) is -1.43. The molecule has 8 nitrogen and oxygen atoms in total. The third kappa shape index (κ3) is 7.06. The van der Waals surface area contributed by atoms with Crippen LogP contribution in [0, 0.1) is 5.82 Å². The van der Waals surface area contributed by atoms with Crippen LogP contribution in [0.5, 0.6) is 0 Å². The molecule has 0 aliphatic heterocycles. The Balaban J connectivity index is 2.80. The number of esters is 1. The summed E-state index contributed by atoms with van der Waals surface area (Å²) in [5, 5.41) is 12.3. The van der Waals surface area contributed by atoms with Crippen molar-refractivity contribution in [2.75, 3.05) is 6.61 Å². The Bertz CT molecular complexity index is 741. The maximum atomic E-state index is 12.9. The number of ether oxygens (including phenoxy) is 1. The summed E-state index contributed by atoms with van der Waals surface area (Å²) in [4.78, 5) is 23.4. The Hall–Kier alpha value is -2.04. The fourth-order valence-electron chi connectivity index (χ4n) is 1.87. The fourth-order valence-corrected chi connectivity index (χ4v) is 3.13. The Labute approximate surface area is 151 Å². The van der Waals surface area contributed by atoms with Crippen LogP contribution >= 0.6 is 0 Å². The minimum Gasteiger partial charge on any atom is -0.454 e. The largest absolute Gasteiger partial charge is 0.454 e. The molecule has 0 aromatic heterocycles. The van der Waals surface area contributed by atoms with Gasteiger partial charge in [-0.25, -0.2) is 12.8 Å².